The molecule has 1 fully saturated rings. The Labute approximate surface area is 105 Å². The van der Waals surface area contributed by atoms with Crippen LogP contribution >= 0.6 is 15.9 Å². The molecule has 17 heavy (non-hydrogen) atoms. The quantitative estimate of drug-likeness (QED) is 0.841. The average molecular weight is 306 g/mol. The van der Waals surface area contributed by atoms with Crippen molar-refractivity contribution >= 4 is 27.6 Å². The van der Waals surface area contributed by atoms with E-state index in [9.17, 15) is 13.6 Å². The lowest BCUT2D eigenvalue weighted by Gasteiger charge is -2.15. The molecular weight excluding hydrogens is 296 g/mol. The molecule has 2 rings (SSSR count). The molecule has 1 atom stereocenters. The number of anilines is 1. The Hall–Kier alpha value is -1.17. The molecule has 0 amide bonds. The molecule has 1 aromatic carbocycles. The standard InChI is InChI=1S/C11H10BrF2NO2/c12-6-3-8(14)9(4-7(6)13)15-10(11(16)17)5-1-2-5/h3-5,10,15H,1-2H2,(H,16,17). The number of aliphatic carboxylic acids is 1. The van der Waals surface area contributed by atoms with E-state index in [0.29, 0.717) is 0 Å². The van der Waals surface area contributed by atoms with Crippen LogP contribution in [-0.4, -0.2) is 17.1 Å². The zero-order valence-corrected chi connectivity index (χ0v) is 10.3. The van der Waals surface area contributed by atoms with Gasteiger partial charge in [-0.3, -0.25) is 0 Å². The molecule has 0 radical (unpaired) electrons. The number of carboxylic acids is 1. The molecule has 0 aromatic heterocycles. The summed E-state index contributed by atoms with van der Waals surface area (Å²) < 4.78 is 26.7. The molecule has 1 aromatic rings. The second-order valence-corrected chi connectivity index (χ2v) is 4.90. The van der Waals surface area contributed by atoms with Crippen LogP contribution < -0.4 is 5.32 Å². The Kier molecular flexibility index (Phi) is 3.33. The SMILES string of the molecule is O=C(O)C(Nc1cc(F)c(Br)cc1F)C1CC1. The largest absolute Gasteiger partial charge is 0.480 e. The van der Waals surface area contributed by atoms with Crippen LogP contribution in [0.2, 0.25) is 0 Å². The minimum atomic E-state index is -1.05. The van der Waals surface area contributed by atoms with Crippen LogP contribution in [0.15, 0.2) is 16.6 Å². The van der Waals surface area contributed by atoms with E-state index in [1.807, 2.05) is 0 Å². The molecule has 3 nitrogen and oxygen atoms in total. The van der Waals surface area contributed by atoms with Crippen molar-refractivity contribution in [3.8, 4) is 0 Å². The van der Waals surface area contributed by atoms with Gasteiger partial charge in [0.1, 0.15) is 17.7 Å². The third-order valence-corrected chi connectivity index (χ3v) is 3.29. The van der Waals surface area contributed by atoms with E-state index in [1.165, 1.54) is 0 Å². The summed E-state index contributed by atoms with van der Waals surface area (Å²) in [5.74, 6) is -2.35. The Bertz CT molecular complexity index is 463. The van der Waals surface area contributed by atoms with Gasteiger partial charge >= 0.3 is 5.97 Å². The van der Waals surface area contributed by atoms with Gasteiger partial charge in [-0.2, -0.15) is 0 Å². The van der Waals surface area contributed by atoms with Gasteiger partial charge in [0.25, 0.3) is 0 Å². The molecule has 0 spiro atoms. The van der Waals surface area contributed by atoms with Gasteiger partial charge in [-0.05, 0) is 40.8 Å². The van der Waals surface area contributed by atoms with Crippen molar-refractivity contribution in [2.45, 2.75) is 18.9 Å². The first kappa shape index (κ1) is 12.3. The van der Waals surface area contributed by atoms with Gasteiger partial charge in [-0.1, -0.05) is 0 Å². The van der Waals surface area contributed by atoms with Crippen molar-refractivity contribution in [2.75, 3.05) is 5.32 Å². The minimum absolute atomic E-state index is 0.00129. The molecule has 0 bridgehead atoms. The summed E-state index contributed by atoms with van der Waals surface area (Å²) in [6, 6.07) is 1.08. The fourth-order valence-corrected chi connectivity index (χ4v) is 1.93. The van der Waals surface area contributed by atoms with Crippen molar-refractivity contribution in [2.24, 2.45) is 5.92 Å². The highest BCUT2D eigenvalue weighted by molar-refractivity contribution is 9.10. The first-order valence-corrected chi connectivity index (χ1v) is 5.92. The first-order chi connectivity index (χ1) is 7.99. The lowest BCUT2D eigenvalue weighted by Crippen LogP contribution is -2.31. The Balaban J connectivity index is 2.22. The summed E-state index contributed by atoms with van der Waals surface area (Å²) in [5, 5.41) is 11.5. The predicted molar refractivity (Wildman–Crippen MR) is 61.8 cm³/mol. The molecule has 0 saturated heterocycles. The smallest absolute Gasteiger partial charge is 0.326 e. The van der Waals surface area contributed by atoms with Crippen LogP contribution in [-0.2, 0) is 4.79 Å². The highest BCUT2D eigenvalue weighted by Gasteiger charge is 2.36. The Morgan fingerprint density at radius 3 is 2.59 bits per heavy atom. The van der Waals surface area contributed by atoms with Crippen molar-refractivity contribution in [3.05, 3.63) is 28.2 Å². The third kappa shape index (κ3) is 2.74. The van der Waals surface area contributed by atoms with Crippen molar-refractivity contribution in [1.82, 2.24) is 0 Å². The lowest BCUT2D eigenvalue weighted by molar-refractivity contribution is -0.138. The monoisotopic (exact) mass is 305 g/mol. The van der Waals surface area contributed by atoms with Gasteiger partial charge in [-0.25, -0.2) is 13.6 Å². The fourth-order valence-electron chi connectivity index (χ4n) is 1.61. The summed E-state index contributed by atoms with van der Waals surface area (Å²) >= 11 is 2.86. The average Bonchev–Trinajstić information content (AvgIpc) is 3.04. The van der Waals surface area contributed by atoms with Gasteiger partial charge in [0.2, 0.25) is 0 Å². The first-order valence-electron chi connectivity index (χ1n) is 5.13. The molecule has 1 saturated carbocycles. The predicted octanol–water partition coefficient (Wildman–Crippen LogP) is 3.00. The number of hydrogen-bond donors (Lipinski definition) is 2. The normalized spacial score (nSPS) is 16.6. The molecule has 0 aliphatic heterocycles. The van der Waals surface area contributed by atoms with Crippen LogP contribution in [0.4, 0.5) is 14.5 Å². The van der Waals surface area contributed by atoms with Crippen LogP contribution in [0.1, 0.15) is 12.8 Å². The maximum Gasteiger partial charge on any atom is 0.326 e. The highest BCUT2D eigenvalue weighted by atomic mass is 79.9. The minimum Gasteiger partial charge on any atom is -0.480 e. The summed E-state index contributed by atoms with van der Waals surface area (Å²) in [5.41, 5.74) is -0.120. The fraction of sp³-hybridized carbons (Fsp3) is 0.364. The van der Waals surface area contributed by atoms with Gasteiger partial charge < -0.3 is 10.4 Å². The van der Waals surface area contributed by atoms with Crippen molar-refractivity contribution < 1.29 is 18.7 Å². The van der Waals surface area contributed by atoms with E-state index < -0.39 is 23.6 Å². The molecular formula is C11H10BrF2NO2. The highest BCUT2D eigenvalue weighted by Crippen LogP contribution is 2.35. The third-order valence-electron chi connectivity index (χ3n) is 2.68. The lowest BCUT2D eigenvalue weighted by atomic mass is 10.1. The summed E-state index contributed by atoms with van der Waals surface area (Å²) in [6.07, 6.45) is 1.59. The van der Waals surface area contributed by atoms with Crippen molar-refractivity contribution in [1.29, 1.82) is 0 Å². The Morgan fingerprint density at radius 1 is 1.41 bits per heavy atom. The van der Waals surface area contributed by atoms with Crippen LogP contribution in [0, 0.1) is 17.6 Å². The molecule has 6 heteroatoms. The zero-order chi connectivity index (χ0) is 12.6. The van der Waals surface area contributed by atoms with Gasteiger partial charge in [0.15, 0.2) is 0 Å². The number of nitrogens with one attached hydrogen (secondary N) is 1. The second-order valence-electron chi connectivity index (χ2n) is 4.04. The van der Waals surface area contributed by atoms with E-state index in [2.05, 4.69) is 21.2 Å². The summed E-state index contributed by atoms with van der Waals surface area (Å²) in [4.78, 5) is 11.0. The maximum atomic E-state index is 13.5. The number of rotatable bonds is 4. The summed E-state index contributed by atoms with van der Waals surface area (Å²) in [6.45, 7) is 0. The van der Waals surface area contributed by atoms with Gasteiger partial charge in [0, 0.05) is 6.07 Å². The molecule has 1 aliphatic carbocycles. The number of hydrogen-bond acceptors (Lipinski definition) is 2. The topological polar surface area (TPSA) is 49.3 Å². The summed E-state index contributed by atoms with van der Waals surface area (Å²) in [7, 11) is 0. The van der Waals surface area contributed by atoms with Crippen molar-refractivity contribution in [3.63, 3.8) is 0 Å². The number of halogens is 3. The van der Waals surface area contributed by atoms with Gasteiger partial charge in [0.05, 0.1) is 10.2 Å². The molecule has 2 N–H and O–H groups in total. The number of carbonyl (C=O) groups is 1. The molecule has 1 unspecified atom stereocenters. The van der Waals surface area contributed by atoms with Crippen LogP contribution in [0.25, 0.3) is 0 Å². The van der Waals surface area contributed by atoms with Gasteiger partial charge in [-0.15, -0.1) is 0 Å². The van der Waals surface area contributed by atoms with E-state index in [-0.39, 0.29) is 16.1 Å². The van der Waals surface area contributed by atoms with E-state index >= 15 is 0 Å². The van der Waals surface area contributed by atoms with E-state index in [0.717, 1.165) is 25.0 Å². The van der Waals surface area contributed by atoms with E-state index in [4.69, 9.17) is 5.11 Å². The van der Waals surface area contributed by atoms with Crippen LogP contribution in [0.5, 0.6) is 0 Å². The van der Waals surface area contributed by atoms with E-state index in [1.54, 1.807) is 0 Å². The molecule has 1 aliphatic rings. The second kappa shape index (κ2) is 4.60. The molecule has 0 heterocycles. The number of benzene rings is 1. The Morgan fingerprint density at radius 2 is 2.06 bits per heavy atom. The zero-order valence-electron chi connectivity index (χ0n) is 8.71. The number of carboxylic acid groups (broad SMARTS) is 1. The maximum absolute atomic E-state index is 13.5. The van der Waals surface area contributed by atoms with Crippen LogP contribution in [0.3, 0.4) is 0 Å². The molecule has 92 valence electrons.